The molecule has 9 nitrogen and oxygen atoms in total. The zero-order valence-electron chi connectivity index (χ0n) is 22.5. The van der Waals surface area contributed by atoms with E-state index in [9.17, 15) is 23.5 Å². The summed E-state index contributed by atoms with van der Waals surface area (Å²) in [6, 6.07) is 4.18. The van der Waals surface area contributed by atoms with Crippen LogP contribution in [-0.4, -0.2) is 61.8 Å². The predicted octanol–water partition coefficient (Wildman–Crippen LogP) is 5.04. The van der Waals surface area contributed by atoms with E-state index in [-0.39, 0.29) is 56.9 Å². The van der Waals surface area contributed by atoms with E-state index < -0.39 is 23.2 Å². The van der Waals surface area contributed by atoms with Crippen molar-refractivity contribution in [1.82, 2.24) is 19.4 Å². The number of allylic oxidation sites excluding steroid dienone is 2. The summed E-state index contributed by atoms with van der Waals surface area (Å²) < 4.78 is 29.5. The summed E-state index contributed by atoms with van der Waals surface area (Å²) >= 11 is 6.60. The number of hydrogen-bond acceptors (Lipinski definition) is 7. The van der Waals surface area contributed by atoms with Crippen LogP contribution < -0.4 is 10.6 Å². The fourth-order valence-corrected chi connectivity index (χ4v) is 5.00. The Morgan fingerprint density at radius 2 is 1.95 bits per heavy atom. The van der Waals surface area contributed by atoms with Gasteiger partial charge in [-0.05, 0) is 38.1 Å². The Kier molecular flexibility index (Phi) is 8.06. The summed E-state index contributed by atoms with van der Waals surface area (Å²) in [6.45, 7) is 11.2. The maximum atomic E-state index is 14.8. The van der Waals surface area contributed by atoms with Gasteiger partial charge in [-0.3, -0.25) is 4.79 Å². The van der Waals surface area contributed by atoms with Gasteiger partial charge in [0.15, 0.2) is 5.65 Å². The number of nitrogens with one attached hydrogen (secondary N) is 1. The molecule has 1 aromatic carbocycles. The Morgan fingerprint density at radius 3 is 2.52 bits per heavy atom. The number of rotatable bonds is 6. The van der Waals surface area contributed by atoms with E-state index in [0.717, 1.165) is 10.6 Å². The van der Waals surface area contributed by atoms with E-state index in [2.05, 4.69) is 16.5 Å². The second-order valence-electron chi connectivity index (χ2n) is 9.91. The minimum atomic E-state index is -0.905. The van der Waals surface area contributed by atoms with Gasteiger partial charge in [-0.2, -0.15) is 4.98 Å². The number of hydrogen-bond donors (Lipinski definition) is 2. The van der Waals surface area contributed by atoms with Gasteiger partial charge >= 0.3 is 5.69 Å². The van der Waals surface area contributed by atoms with E-state index in [4.69, 9.17) is 17.0 Å². The van der Waals surface area contributed by atoms with Gasteiger partial charge in [-0.1, -0.05) is 32.0 Å². The molecule has 0 aliphatic carbocycles. The molecule has 210 valence electrons. The fraction of sp³-hybridized carbons (Fsp3) is 0.321. The minimum Gasteiger partial charge on any atom is -0.510 e. The molecule has 0 saturated carbocycles. The van der Waals surface area contributed by atoms with Crippen molar-refractivity contribution < 1.29 is 18.7 Å². The van der Waals surface area contributed by atoms with Gasteiger partial charge < -0.3 is 20.3 Å². The second-order valence-corrected chi connectivity index (χ2v) is 10.3. The summed E-state index contributed by atoms with van der Waals surface area (Å²) in [5.74, 6) is -2.35. The largest absolute Gasteiger partial charge is 0.510 e. The third-order valence-electron chi connectivity index (χ3n) is 6.74. The number of benzene rings is 1. The smallest absolute Gasteiger partial charge is 0.356 e. The van der Waals surface area contributed by atoms with E-state index in [1.54, 1.807) is 18.7 Å². The quantitative estimate of drug-likeness (QED) is 0.244. The zero-order chi connectivity index (χ0) is 29.5. The molecule has 2 aromatic heterocycles. The van der Waals surface area contributed by atoms with Gasteiger partial charge in [0.2, 0.25) is 5.91 Å². The van der Waals surface area contributed by atoms with Crippen molar-refractivity contribution in [2.45, 2.75) is 33.7 Å². The van der Waals surface area contributed by atoms with Gasteiger partial charge in [0.1, 0.15) is 28.9 Å². The lowest BCUT2D eigenvalue weighted by Gasteiger charge is -2.40. The summed E-state index contributed by atoms with van der Waals surface area (Å²) in [5, 5.41) is 19.6. The third kappa shape index (κ3) is 5.21. The van der Waals surface area contributed by atoms with E-state index in [0.29, 0.717) is 31.1 Å². The standard InChI is InChI=1S/C28H29ClF2N6O3/c1-6-22(38)35-9-10-36(15(4)13-35)26-19-12-20(29)23(18-8-7-17(30)11-21(18)31)33-27(19)37(28(40)34-26)24(16(5)32)25(39)14(2)3/h6-8,11-12,14-15,32,39H,1,9-10,13H2,2-5H3/b25-24+,32-16?. The molecule has 3 aromatic rings. The van der Waals surface area contributed by atoms with Crippen LogP contribution in [0.5, 0.6) is 0 Å². The number of pyridine rings is 1. The molecule has 2 N–H and O–H groups in total. The number of aromatic nitrogens is 3. The van der Waals surface area contributed by atoms with Crippen molar-refractivity contribution in [2.75, 3.05) is 24.5 Å². The van der Waals surface area contributed by atoms with Gasteiger partial charge in [0.05, 0.1) is 21.8 Å². The molecule has 3 heterocycles. The molecule has 1 fully saturated rings. The average Bonchev–Trinajstić information content (AvgIpc) is 2.89. The van der Waals surface area contributed by atoms with Crippen LogP contribution >= 0.6 is 11.6 Å². The maximum Gasteiger partial charge on any atom is 0.356 e. The van der Waals surface area contributed by atoms with Crippen molar-refractivity contribution in [3.63, 3.8) is 0 Å². The molecule has 4 rings (SSSR count). The van der Waals surface area contributed by atoms with Crippen LogP contribution in [0.15, 0.2) is 47.5 Å². The number of carbonyl (C=O) groups excluding carboxylic acids is 1. The first kappa shape index (κ1) is 28.9. The van der Waals surface area contributed by atoms with Crippen molar-refractivity contribution in [2.24, 2.45) is 5.92 Å². The molecule has 1 amide bonds. The highest BCUT2D eigenvalue weighted by Gasteiger charge is 2.31. The topological polar surface area (TPSA) is 115 Å². The maximum absolute atomic E-state index is 14.8. The highest BCUT2D eigenvalue weighted by atomic mass is 35.5. The third-order valence-corrected chi connectivity index (χ3v) is 7.03. The van der Waals surface area contributed by atoms with Crippen LogP contribution in [0.3, 0.4) is 0 Å². The highest BCUT2D eigenvalue weighted by Crippen LogP contribution is 2.35. The summed E-state index contributed by atoms with van der Waals surface area (Å²) in [7, 11) is 0. The summed E-state index contributed by atoms with van der Waals surface area (Å²) in [6.07, 6.45) is 1.24. The number of anilines is 1. The normalized spacial score (nSPS) is 16.4. The number of piperazine rings is 1. The Balaban J connectivity index is 2.05. The molecule has 0 spiro atoms. The lowest BCUT2D eigenvalue weighted by Crippen LogP contribution is -2.54. The number of aliphatic hydroxyl groups is 1. The second kappa shape index (κ2) is 11.2. The molecular weight excluding hydrogens is 542 g/mol. The van der Waals surface area contributed by atoms with Crippen molar-refractivity contribution in [1.29, 1.82) is 5.41 Å². The van der Waals surface area contributed by atoms with Crippen LogP contribution in [0.25, 0.3) is 28.0 Å². The van der Waals surface area contributed by atoms with Crippen LogP contribution in [0.4, 0.5) is 14.6 Å². The monoisotopic (exact) mass is 570 g/mol. The zero-order valence-corrected chi connectivity index (χ0v) is 23.3. The average molecular weight is 571 g/mol. The van der Waals surface area contributed by atoms with Gasteiger partial charge in [0.25, 0.3) is 0 Å². The molecule has 1 saturated heterocycles. The Labute approximate surface area is 234 Å². The number of nitrogens with zero attached hydrogens (tertiary/aromatic N) is 5. The van der Waals surface area contributed by atoms with Crippen LogP contribution in [0.2, 0.25) is 5.02 Å². The molecular formula is C28H29ClF2N6O3. The van der Waals surface area contributed by atoms with Crippen molar-refractivity contribution in [3.8, 4) is 11.3 Å². The first-order valence-corrected chi connectivity index (χ1v) is 13.0. The molecule has 1 unspecified atom stereocenters. The molecule has 1 aliphatic rings. The van der Waals surface area contributed by atoms with E-state index in [1.165, 1.54) is 25.1 Å². The molecule has 1 atom stereocenters. The lowest BCUT2D eigenvalue weighted by atomic mass is 10.1. The molecule has 12 heteroatoms. The number of fused-ring (bicyclic) bond motifs is 1. The van der Waals surface area contributed by atoms with Crippen molar-refractivity contribution >= 4 is 45.8 Å². The number of amides is 1. The predicted molar refractivity (Wildman–Crippen MR) is 152 cm³/mol. The fourth-order valence-electron chi connectivity index (χ4n) is 4.75. The van der Waals surface area contributed by atoms with E-state index in [1.807, 2.05) is 11.8 Å². The van der Waals surface area contributed by atoms with Crippen molar-refractivity contribution in [3.05, 3.63) is 69.8 Å². The molecule has 1 aliphatic heterocycles. The molecule has 40 heavy (non-hydrogen) atoms. The summed E-state index contributed by atoms with van der Waals surface area (Å²) in [4.78, 5) is 38.2. The Morgan fingerprint density at radius 1 is 1.25 bits per heavy atom. The summed E-state index contributed by atoms with van der Waals surface area (Å²) in [5.41, 5.74) is -1.24. The van der Waals surface area contributed by atoms with Gasteiger partial charge in [-0.15, -0.1) is 0 Å². The van der Waals surface area contributed by atoms with Gasteiger partial charge in [-0.25, -0.2) is 23.1 Å². The van der Waals surface area contributed by atoms with Crippen LogP contribution in [0.1, 0.15) is 27.7 Å². The number of halogens is 3. The van der Waals surface area contributed by atoms with Crippen LogP contribution in [-0.2, 0) is 4.79 Å². The minimum absolute atomic E-state index is 0.0181. The molecule has 0 radical (unpaired) electrons. The Bertz CT molecular complexity index is 1630. The first-order chi connectivity index (χ1) is 18.8. The number of carbonyl (C=O) groups is 1. The van der Waals surface area contributed by atoms with E-state index >= 15 is 0 Å². The SMILES string of the molecule is C=CC(=O)N1CCN(c2nc(=O)n(/C(C(C)=N)=C(/O)C(C)C)c3nc(-c4ccc(F)cc4F)c(Cl)cc23)C(C)C1. The van der Waals surface area contributed by atoms with Gasteiger partial charge in [0, 0.05) is 43.2 Å². The van der Waals surface area contributed by atoms with Crippen LogP contribution in [0, 0.1) is 23.0 Å². The Hall–Kier alpha value is -4.12. The first-order valence-electron chi connectivity index (χ1n) is 12.6. The highest BCUT2D eigenvalue weighted by molar-refractivity contribution is 6.34. The number of aliphatic hydroxyl groups excluding tert-OH is 1. The molecule has 0 bridgehead atoms. The lowest BCUT2D eigenvalue weighted by molar-refractivity contribution is -0.126.